The van der Waals surface area contributed by atoms with Crippen molar-refractivity contribution in [3.63, 3.8) is 0 Å². The summed E-state index contributed by atoms with van der Waals surface area (Å²) < 4.78 is 5.31. The number of hydrogen-bond donors (Lipinski definition) is 1. The first kappa shape index (κ1) is 18.2. The molecular formula is C20H25N3O3. The average molecular weight is 355 g/mol. The third kappa shape index (κ3) is 3.79. The molecule has 3 rings (SSSR count). The van der Waals surface area contributed by atoms with Gasteiger partial charge in [-0.05, 0) is 56.4 Å². The van der Waals surface area contributed by atoms with Gasteiger partial charge in [0.05, 0.1) is 13.2 Å². The van der Waals surface area contributed by atoms with E-state index in [0.717, 1.165) is 42.0 Å². The van der Waals surface area contributed by atoms with Crippen LogP contribution in [0.5, 0.6) is 5.75 Å². The number of nitrogens with one attached hydrogen (secondary N) is 1. The molecule has 0 spiro atoms. The number of aryl methyl sites for hydroxylation is 2. The van der Waals surface area contributed by atoms with E-state index in [1.54, 1.807) is 7.11 Å². The second-order valence-corrected chi connectivity index (χ2v) is 6.75. The molecule has 0 unspecified atom stereocenters. The lowest BCUT2D eigenvalue weighted by atomic mass is 10.0. The van der Waals surface area contributed by atoms with Gasteiger partial charge in [-0.3, -0.25) is 4.79 Å². The van der Waals surface area contributed by atoms with Crippen LogP contribution in [-0.4, -0.2) is 34.4 Å². The highest BCUT2D eigenvalue weighted by atomic mass is 16.5. The fourth-order valence-corrected chi connectivity index (χ4v) is 3.76. The molecule has 0 aliphatic carbocycles. The lowest BCUT2D eigenvalue weighted by molar-refractivity contribution is -0.132. The monoisotopic (exact) mass is 355 g/mol. The zero-order valence-corrected chi connectivity index (χ0v) is 15.5. The number of aromatic nitrogens is 2. The van der Waals surface area contributed by atoms with Crippen LogP contribution in [0.2, 0.25) is 0 Å². The quantitative estimate of drug-likeness (QED) is 0.895. The number of rotatable bonds is 5. The molecule has 138 valence electrons. The summed E-state index contributed by atoms with van der Waals surface area (Å²) in [7, 11) is 1.65. The molecule has 0 saturated carbocycles. The third-order valence-corrected chi connectivity index (χ3v) is 5.09. The molecule has 1 aromatic heterocycles. The summed E-state index contributed by atoms with van der Waals surface area (Å²) in [5.41, 5.74) is 3.22. The number of nitrogens with zero attached hydrogens (tertiary/aromatic N) is 2. The van der Waals surface area contributed by atoms with Crippen LogP contribution < -0.4 is 10.4 Å². The second-order valence-electron chi connectivity index (χ2n) is 6.75. The van der Waals surface area contributed by atoms with Crippen molar-refractivity contribution in [3.05, 3.63) is 57.3 Å². The highest BCUT2D eigenvalue weighted by Crippen LogP contribution is 2.34. The minimum Gasteiger partial charge on any atom is -0.497 e. The molecule has 26 heavy (non-hydrogen) atoms. The number of hydrogen-bond acceptors (Lipinski definition) is 4. The van der Waals surface area contributed by atoms with E-state index in [1.165, 1.54) is 0 Å². The molecule has 1 aliphatic rings. The van der Waals surface area contributed by atoms with Crippen LogP contribution >= 0.6 is 0 Å². The Kier molecular flexibility index (Phi) is 5.40. The number of amides is 1. The number of carbonyl (C=O) groups is 1. The SMILES string of the molecule is COc1cccc([C@@H]2CCCN2C(=O)CCc2c(C)nc(=O)[nH]c2C)c1. The Morgan fingerprint density at radius 2 is 2.19 bits per heavy atom. The van der Waals surface area contributed by atoms with Gasteiger partial charge in [0.1, 0.15) is 5.75 Å². The van der Waals surface area contributed by atoms with Crippen molar-refractivity contribution in [2.75, 3.05) is 13.7 Å². The first-order valence-corrected chi connectivity index (χ1v) is 8.99. The predicted octanol–water partition coefficient (Wildman–Crippen LogP) is 2.69. The van der Waals surface area contributed by atoms with Crippen LogP contribution in [0.25, 0.3) is 0 Å². The highest BCUT2D eigenvalue weighted by Gasteiger charge is 2.30. The molecule has 2 aromatic rings. The lowest BCUT2D eigenvalue weighted by Gasteiger charge is -2.25. The van der Waals surface area contributed by atoms with Gasteiger partial charge in [-0.2, -0.15) is 4.98 Å². The van der Waals surface area contributed by atoms with Crippen molar-refractivity contribution in [2.45, 2.75) is 45.6 Å². The molecule has 1 fully saturated rings. The molecule has 0 radical (unpaired) electrons. The van der Waals surface area contributed by atoms with Crippen LogP contribution in [0, 0.1) is 13.8 Å². The van der Waals surface area contributed by atoms with E-state index in [2.05, 4.69) is 16.0 Å². The Hall–Kier alpha value is -2.63. The lowest BCUT2D eigenvalue weighted by Crippen LogP contribution is -2.31. The van der Waals surface area contributed by atoms with E-state index >= 15 is 0 Å². The molecule has 1 atom stereocenters. The van der Waals surface area contributed by atoms with Gasteiger partial charge in [0, 0.05) is 24.4 Å². The molecule has 1 amide bonds. The number of methoxy groups -OCH3 is 1. The number of likely N-dealkylation sites (tertiary alicyclic amines) is 1. The van der Waals surface area contributed by atoms with E-state index in [1.807, 2.05) is 36.9 Å². The van der Waals surface area contributed by atoms with E-state index in [9.17, 15) is 9.59 Å². The van der Waals surface area contributed by atoms with Crippen molar-refractivity contribution in [1.82, 2.24) is 14.9 Å². The topological polar surface area (TPSA) is 75.3 Å². The molecular weight excluding hydrogens is 330 g/mol. The Morgan fingerprint density at radius 1 is 1.38 bits per heavy atom. The van der Waals surface area contributed by atoms with Crippen LogP contribution in [-0.2, 0) is 11.2 Å². The Labute approximate surface area is 153 Å². The molecule has 1 saturated heterocycles. The maximum atomic E-state index is 12.8. The fourth-order valence-electron chi connectivity index (χ4n) is 3.76. The van der Waals surface area contributed by atoms with Crippen LogP contribution in [0.4, 0.5) is 0 Å². The maximum Gasteiger partial charge on any atom is 0.345 e. The molecule has 0 bridgehead atoms. The number of benzene rings is 1. The van der Waals surface area contributed by atoms with Crippen molar-refractivity contribution in [1.29, 1.82) is 0 Å². The van der Waals surface area contributed by atoms with E-state index in [4.69, 9.17) is 4.74 Å². The molecule has 1 N–H and O–H groups in total. The molecule has 6 nitrogen and oxygen atoms in total. The zero-order valence-electron chi connectivity index (χ0n) is 15.5. The van der Waals surface area contributed by atoms with E-state index < -0.39 is 0 Å². The summed E-state index contributed by atoms with van der Waals surface area (Å²) in [5, 5.41) is 0. The zero-order chi connectivity index (χ0) is 18.7. The van der Waals surface area contributed by atoms with Crippen LogP contribution in [0.1, 0.15) is 47.8 Å². The first-order chi connectivity index (χ1) is 12.5. The molecule has 1 aliphatic heterocycles. The number of aromatic amines is 1. The minimum atomic E-state index is -0.340. The van der Waals surface area contributed by atoms with Crippen molar-refractivity contribution < 1.29 is 9.53 Å². The molecule has 1 aromatic carbocycles. The number of carbonyl (C=O) groups excluding carboxylic acids is 1. The predicted molar refractivity (Wildman–Crippen MR) is 99.3 cm³/mol. The maximum absolute atomic E-state index is 12.8. The summed E-state index contributed by atoms with van der Waals surface area (Å²) >= 11 is 0. The third-order valence-electron chi connectivity index (χ3n) is 5.09. The summed E-state index contributed by atoms with van der Waals surface area (Å²) in [4.78, 5) is 32.9. The van der Waals surface area contributed by atoms with Gasteiger partial charge in [-0.25, -0.2) is 4.79 Å². The summed E-state index contributed by atoms with van der Waals surface area (Å²) in [6.07, 6.45) is 2.97. The fraction of sp³-hybridized carbons (Fsp3) is 0.450. The molecule has 6 heteroatoms. The number of ether oxygens (including phenoxy) is 1. The normalized spacial score (nSPS) is 16.7. The Balaban J connectivity index is 1.72. The van der Waals surface area contributed by atoms with Crippen molar-refractivity contribution in [2.24, 2.45) is 0 Å². The Bertz CT molecular complexity index is 833. The highest BCUT2D eigenvalue weighted by molar-refractivity contribution is 5.77. The van der Waals surface area contributed by atoms with Gasteiger partial charge < -0.3 is 14.6 Å². The van der Waals surface area contributed by atoms with Crippen LogP contribution in [0.15, 0.2) is 29.1 Å². The van der Waals surface area contributed by atoms with Crippen LogP contribution in [0.3, 0.4) is 0 Å². The number of H-pyrrole nitrogens is 1. The van der Waals surface area contributed by atoms with Gasteiger partial charge in [-0.15, -0.1) is 0 Å². The standard InChI is InChI=1S/C20H25N3O3/c1-13-17(14(2)22-20(25)21-13)9-10-19(24)23-11-5-8-18(23)15-6-4-7-16(12-15)26-3/h4,6-7,12,18H,5,8-11H2,1-3H3,(H,21,22,25)/t18-/m0/s1. The van der Waals surface area contributed by atoms with Crippen molar-refractivity contribution >= 4 is 5.91 Å². The van der Waals surface area contributed by atoms with Gasteiger partial charge in [0.15, 0.2) is 0 Å². The van der Waals surface area contributed by atoms with Crippen molar-refractivity contribution in [3.8, 4) is 5.75 Å². The first-order valence-electron chi connectivity index (χ1n) is 8.99. The summed E-state index contributed by atoms with van der Waals surface area (Å²) in [6, 6.07) is 8.05. The van der Waals surface area contributed by atoms with Gasteiger partial charge >= 0.3 is 5.69 Å². The Morgan fingerprint density at radius 3 is 2.92 bits per heavy atom. The van der Waals surface area contributed by atoms with Gasteiger partial charge in [0.25, 0.3) is 0 Å². The van der Waals surface area contributed by atoms with E-state index in [0.29, 0.717) is 18.5 Å². The largest absolute Gasteiger partial charge is 0.497 e. The summed E-state index contributed by atoms with van der Waals surface area (Å²) in [5.74, 6) is 0.952. The smallest absolute Gasteiger partial charge is 0.345 e. The van der Waals surface area contributed by atoms with Gasteiger partial charge in [-0.1, -0.05) is 12.1 Å². The van der Waals surface area contributed by atoms with E-state index in [-0.39, 0.29) is 17.6 Å². The minimum absolute atomic E-state index is 0.105. The van der Waals surface area contributed by atoms with Gasteiger partial charge in [0.2, 0.25) is 5.91 Å². The molecule has 2 heterocycles. The second kappa shape index (κ2) is 7.72. The average Bonchev–Trinajstić information content (AvgIpc) is 3.10. The summed E-state index contributed by atoms with van der Waals surface area (Å²) in [6.45, 7) is 4.45.